The molecule has 0 saturated carbocycles. The van der Waals surface area contributed by atoms with Crippen LogP contribution in [-0.2, 0) is 0 Å². The lowest BCUT2D eigenvalue weighted by molar-refractivity contribution is 0.669. The molecule has 0 aliphatic carbocycles. The quantitative estimate of drug-likeness (QED) is 0.181. The van der Waals surface area contributed by atoms with E-state index in [1.54, 1.807) is 0 Å². The first-order chi connectivity index (χ1) is 25.8. The Balaban J connectivity index is 1.10. The molecule has 11 aromatic rings. The van der Waals surface area contributed by atoms with Crippen molar-refractivity contribution in [3.63, 3.8) is 0 Å². The summed E-state index contributed by atoms with van der Waals surface area (Å²) < 4.78 is 15.8. The molecule has 0 bridgehead atoms. The highest BCUT2D eigenvalue weighted by molar-refractivity contribution is 7.25. The van der Waals surface area contributed by atoms with E-state index < -0.39 is 0 Å². The van der Waals surface area contributed by atoms with E-state index in [4.69, 9.17) is 8.83 Å². The lowest BCUT2D eigenvalue weighted by Gasteiger charge is -2.26. The van der Waals surface area contributed by atoms with E-state index in [0.717, 1.165) is 72.1 Å². The molecule has 8 aromatic carbocycles. The Bertz CT molecular complexity index is 3130. The van der Waals surface area contributed by atoms with Crippen molar-refractivity contribution in [1.82, 2.24) is 0 Å². The third kappa shape index (κ3) is 4.51. The van der Waals surface area contributed by atoms with Crippen LogP contribution in [0.25, 0.3) is 86.3 Å². The standard InChI is InChI=1S/C48H29NO2S/c1-2-10-31(11-3-1)35-14-8-15-38-39-16-9-17-42(48(39)51-47(35)38)49(34-25-26-44-40(29-34)36-12-4-6-18-43(36)50-44)33-23-20-30(21-24-33)32-22-27-46-41(28-32)37-13-5-7-19-45(37)52-46/h1-29H. The summed E-state index contributed by atoms with van der Waals surface area (Å²) in [5, 5.41) is 6.97. The number of rotatable bonds is 5. The molecule has 3 nitrogen and oxygen atoms in total. The maximum absolute atomic E-state index is 6.94. The van der Waals surface area contributed by atoms with Crippen LogP contribution in [0.4, 0.5) is 17.1 Å². The minimum atomic E-state index is 0.844. The van der Waals surface area contributed by atoms with Crippen LogP contribution in [0.3, 0.4) is 0 Å². The first kappa shape index (κ1) is 29.1. The van der Waals surface area contributed by atoms with Crippen LogP contribution in [0.1, 0.15) is 0 Å². The van der Waals surface area contributed by atoms with Crippen molar-refractivity contribution in [1.29, 1.82) is 0 Å². The van der Waals surface area contributed by atoms with Gasteiger partial charge in [0.1, 0.15) is 16.7 Å². The molecule has 0 aliphatic rings. The van der Waals surface area contributed by atoms with Gasteiger partial charge in [-0.25, -0.2) is 0 Å². The van der Waals surface area contributed by atoms with Crippen molar-refractivity contribution in [2.45, 2.75) is 0 Å². The molecule has 52 heavy (non-hydrogen) atoms. The molecule has 0 spiro atoms. The van der Waals surface area contributed by atoms with Gasteiger partial charge in [-0.3, -0.25) is 0 Å². The molecular weight excluding hydrogens is 655 g/mol. The Morgan fingerprint density at radius 1 is 0.365 bits per heavy atom. The molecular formula is C48H29NO2S. The number of thiophene rings is 1. The second-order valence-electron chi connectivity index (χ2n) is 13.3. The van der Waals surface area contributed by atoms with Gasteiger partial charge in [-0.15, -0.1) is 11.3 Å². The Kier molecular flexibility index (Phi) is 6.42. The molecule has 244 valence electrons. The second-order valence-corrected chi connectivity index (χ2v) is 14.4. The maximum atomic E-state index is 6.94. The number of anilines is 3. The Labute approximate surface area is 303 Å². The summed E-state index contributed by atoms with van der Waals surface area (Å²) in [6.07, 6.45) is 0. The summed E-state index contributed by atoms with van der Waals surface area (Å²) in [6, 6.07) is 62.5. The van der Waals surface area contributed by atoms with Crippen LogP contribution in [0.15, 0.2) is 185 Å². The zero-order valence-electron chi connectivity index (χ0n) is 27.9. The fourth-order valence-corrected chi connectivity index (χ4v) is 8.90. The molecule has 0 fully saturated rings. The van der Waals surface area contributed by atoms with Crippen molar-refractivity contribution in [3.05, 3.63) is 176 Å². The van der Waals surface area contributed by atoms with Gasteiger partial charge in [0.05, 0.1) is 5.69 Å². The van der Waals surface area contributed by atoms with Crippen molar-refractivity contribution in [3.8, 4) is 22.3 Å². The first-order valence-electron chi connectivity index (χ1n) is 17.5. The molecule has 0 unspecified atom stereocenters. The molecule has 4 heteroatoms. The number of hydrogen-bond donors (Lipinski definition) is 0. The first-order valence-corrected chi connectivity index (χ1v) is 18.3. The predicted molar refractivity (Wildman–Crippen MR) is 219 cm³/mol. The molecule has 0 amide bonds. The SMILES string of the molecule is c1ccc(-c2cccc3c2oc2c(N(c4ccc(-c5ccc6sc7ccccc7c6c5)cc4)c4ccc5oc6ccccc6c5c4)cccc23)cc1. The summed E-state index contributed by atoms with van der Waals surface area (Å²) in [5.74, 6) is 0. The number of nitrogens with zero attached hydrogens (tertiary/aromatic N) is 1. The third-order valence-electron chi connectivity index (χ3n) is 10.3. The van der Waals surface area contributed by atoms with Crippen LogP contribution in [0, 0.1) is 0 Å². The second kappa shape index (κ2) is 11.5. The molecule has 0 saturated heterocycles. The fraction of sp³-hybridized carbons (Fsp3) is 0. The van der Waals surface area contributed by atoms with Crippen molar-refractivity contribution >= 4 is 92.4 Å². The summed E-state index contributed by atoms with van der Waals surface area (Å²) in [4.78, 5) is 2.31. The highest BCUT2D eigenvalue weighted by atomic mass is 32.1. The summed E-state index contributed by atoms with van der Waals surface area (Å²) >= 11 is 1.85. The van der Waals surface area contributed by atoms with E-state index in [1.807, 2.05) is 29.5 Å². The van der Waals surface area contributed by atoms with Gasteiger partial charge in [0.25, 0.3) is 0 Å². The average Bonchev–Trinajstić information content (AvgIpc) is 3.90. The van der Waals surface area contributed by atoms with Gasteiger partial charge in [-0.2, -0.15) is 0 Å². The van der Waals surface area contributed by atoms with Crippen LogP contribution < -0.4 is 4.90 Å². The lowest BCUT2D eigenvalue weighted by Crippen LogP contribution is -2.10. The minimum absolute atomic E-state index is 0.844. The van der Waals surface area contributed by atoms with Gasteiger partial charge in [0.15, 0.2) is 5.58 Å². The minimum Gasteiger partial charge on any atom is -0.456 e. The van der Waals surface area contributed by atoms with E-state index in [1.165, 1.54) is 31.3 Å². The fourth-order valence-electron chi connectivity index (χ4n) is 7.82. The van der Waals surface area contributed by atoms with Gasteiger partial charge in [-0.1, -0.05) is 115 Å². The molecule has 0 N–H and O–H groups in total. The van der Waals surface area contributed by atoms with Crippen molar-refractivity contribution in [2.75, 3.05) is 4.90 Å². The molecule has 3 aromatic heterocycles. The number of furan rings is 2. The molecule has 3 heterocycles. The Hall–Kier alpha value is -6.62. The van der Waals surface area contributed by atoms with Gasteiger partial charge >= 0.3 is 0 Å². The van der Waals surface area contributed by atoms with E-state index in [-0.39, 0.29) is 0 Å². The van der Waals surface area contributed by atoms with Crippen LogP contribution >= 0.6 is 11.3 Å². The maximum Gasteiger partial charge on any atom is 0.159 e. The van der Waals surface area contributed by atoms with E-state index in [9.17, 15) is 0 Å². The molecule has 0 atom stereocenters. The topological polar surface area (TPSA) is 29.5 Å². The van der Waals surface area contributed by atoms with Gasteiger partial charge < -0.3 is 13.7 Å². The summed E-state index contributed by atoms with van der Waals surface area (Å²) in [7, 11) is 0. The van der Waals surface area contributed by atoms with Gasteiger partial charge in [0.2, 0.25) is 0 Å². The van der Waals surface area contributed by atoms with E-state index in [2.05, 4.69) is 163 Å². The number of fused-ring (bicyclic) bond motifs is 9. The zero-order chi connectivity index (χ0) is 34.2. The van der Waals surface area contributed by atoms with Gasteiger partial charge in [0, 0.05) is 58.7 Å². The van der Waals surface area contributed by atoms with Crippen LogP contribution in [0.5, 0.6) is 0 Å². The smallest absolute Gasteiger partial charge is 0.159 e. The molecule has 11 rings (SSSR count). The number of benzene rings is 8. The summed E-state index contributed by atoms with van der Waals surface area (Å²) in [5.41, 5.74) is 11.1. The van der Waals surface area contributed by atoms with Gasteiger partial charge in [-0.05, 0) is 77.4 Å². The van der Waals surface area contributed by atoms with Crippen molar-refractivity contribution in [2.24, 2.45) is 0 Å². The third-order valence-corrected chi connectivity index (χ3v) is 11.4. The largest absolute Gasteiger partial charge is 0.456 e. The molecule has 0 radical (unpaired) electrons. The highest BCUT2D eigenvalue weighted by Gasteiger charge is 2.22. The average molecular weight is 684 g/mol. The van der Waals surface area contributed by atoms with E-state index in [0.29, 0.717) is 0 Å². The van der Waals surface area contributed by atoms with Crippen molar-refractivity contribution < 1.29 is 8.83 Å². The summed E-state index contributed by atoms with van der Waals surface area (Å²) in [6.45, 7) is 0. The Morgan fingerprint density at radius 2 is 1.04 bits per heavy atom. The number of para-hydroxylation sites is 3. The predicted octanol–water partition coefficient (Wildman–Crippen LogP) is 14.7. The number of hydrogen-bond acceptors (Lipinski definition) is 4. The van der Waals surface area contributed by atoms with Crippen LogP contribution in [-0.4, -0.2) is 0 Å². The zero-order valence-corrected chi connectivity index (χ0v) is 28.7. The van der Waals surface area contributed by atoms with Crippen LogP contribution in [0.2, 0.25) is 0 Å². The monoisotopic (exact) mass is 683 g/mol. The lowest BCUT2D eigenvalue weighted by atomic mass is 10.0. The molecule has 0 aliphatic heterocycles. The van der Waals surface area contributed by atoms with E-state index >= 15 is 0 Å². The Morgan fingerprint density at radius 3 is 1.92 bits per heavy atom. The normalized spacial score (nSPS) is 11.8. The highest BCUT2D eigenvalue weighted by Crippen LogP contribution is 2.45.